The Labute approximate surface area is 201 Å². The molecule has 0 aromatic heterocycles. The maximum absolute atomic E-state index is 6.12. The van der Waals surface area contributed by atoms with Gasteiger partial charge in [0.05, 0.1) is 18.6 Å². The number of nitrogens with zero attached hydrogens (tertiary/aromatic N) is 2. The Morgan fingerprint density at radius 1 is 0.714 bits per heavy atom. The van der Waals surface area contributed by atoms with Gasteiger partial charge in [-0.25, -0.2) is 0 Å². The first-order chi connectivity index (χ1) is 11.0. The van der Waals surface area contributed by atoms with Crippen LogP contribution >= 0.6 is 24.0 Å². The minimum absolute atomic E-state index is 0. The Balaban J connectivity index is -0.0000000460. The van der Waals surface area contributed by atoms with E-state index >= 15 is 0 Å². The van der Waals surface area contributed by atoms with Gasteiger partial charge in [0.1, 0.15) is 0 Å². The van der Waals surface area contributed by atoms with Crippen molar-refractivity contribution < 1.29 is 4.39 Å². The van der Waals surface area contributed by atoms with Gasteiger partial charge < -0.3 is 16.7 Å². The first-order valence-corrected chi connectivity index (χ1v) is 10.4. The second-order valence-corrected chi connectivity index (χ2v) is 7.87. The van der Waals surface area contributed by atoms with Gasteiger partial charge in [0.2, 0.25) is 0 Å². The van der Waals surface area contributed by atoms with Crippen LogP contribution in [-0.4, -0.2) is 62.9 Å². The summed E-state index contributed by atoms with van der Waals surface area (Å²) in [5.74, 6) is 0. The monoisotopic (exact) mass is 514 g/mol. The topological polar surface area (TPSA) is 73.2 Å². The molecule has 0 amide bonds. The van der Waals surface area contributed by atoms with E-state index in [4.69, 9.17) is 7.98 Å². The summed E-state index contributed by atoms with van der Waals surface area (Å²) in [5, 5.41) is 0. The van der Waals surface area contributed by atoms with Crippen molar-refractivity contribution >= 4 is 40.4 Å². The molecule has 0 spiro atoms. The number of hydrogen-bond acceptors (Lipinski definition) is 3. The summed E-state index contributed by atoms with van der Waals surface area (Å²) in [4.78, 5) is 2.46. The van der Waals surface area contributed by atoms with Gasteiger partial charge in [-0.3, -0.25) is 4.90 Å². The van der Waals surface area contributed by atoms with Crippen molar-refractivity contribution in [2.75, 3.05) is 13.1 Å². The average molecular weight is 514 g/mol. The zero-order valence-electron chi connectivity index (χ0n) is 21.7. The van der Waals surface area contributed by atoms with Gasteiger partial charge in [0, 0.05) is 20.5 Å². The molecule has 0 bridgehead atoms. The smallest absolute Gasteiger partial charge is 0.393 e. The van der Waals surface area contributed by atoms with Crippen LogP contribution in [-0.2, 0) is 0 Å². The molecule has 0 aromatic carbocycles. The van der Waals surface area contributed by atoms with Crippen molar-refractivity contribution in [2.24, 2.45) is 0 Å². The first kappa shape index (κ1) is 46.8. The van der Waals surface area contributed by atoms with Gasteiger partial charge in [-0.15, -0.1) is 24.0 Å². The average Bonchev–Trinajstić information content (AvgIpc) is 2.47. The van der Waals surface area contributed by atoms with Crippen molar-refractivity contribution in [1.82, 2.24) is 17.2 Å². The normalized spacial score (nSPS) is 10.0. The fraction of sp³-hybridized carbons (Fsp3) is 1.00. The van der Waals surface area contributed by atoms with E-state index in [0.717, 1.165) is 13.1 Å². The molecule has 0 rings (SSSR count). The van der Waals surface area contributed by atoms with Gasteiger partial charge >= 0.3 is 7.98 Å². The molecule has 6 N–H and O–H groups in total. The van der Waals surface area contributed by atoms with Gasteiger partial charge in [-0.2, -0.15) is 0 Å². The van der Waals surface area contributed by atoms with Crippen LogP contribution in [0.1, 0.15) is 102 Å². The Kier molecular flexibility index (Phi) is 46.3. The second-order valence-electron chi connectivity index (χ2n) is 7.87. The van der Waals surface area contributed by atoms with Crippen LogP contribution in [0.3, 0.4) is 0 Å². The lowest BCUT2D eigenvalue weighted by Gasteiger charge is -2.42. The molecule has 4 nitrogen and oxygen atoms in total. The molecule has 0 unspecified atom stereocenters. The fourth-order valence-electron chi connectivity index (χ4n) is 3.01. The van der Waals surface area contributed by atoms with Crippen molar-refractivity contribution in [1.29, 1.82) is 0 Å². The summed E-state index contributed by atoms with van der Waals surface area (Å²) in [5.41, 5.74) is 0. The highest BCUT2D eigenvalue weighted by Gasteiger charge is 2.26. The Morgan fingerprint density at radius 3 is 1.00 bits per heavy atom. The van der Waals surface area contributed by atoms with Crippen LogP contribution in [0.5, 0.6) is 0 Å². The molecular formula is C21H57B2IN4+. The first-order valence-electron chi connectivity index (χ1n) is 10.4. The molecule has 173 valence electrons. The largest absolute Gasteiger partial charge is 0.481 e. The van der Waals surface area contributed by atoms with E-state index in [2.05, 4.69) is 88.0 Å². The Bertz CT molecular complexity index is 249. The molecule has 5 radical (unpaired) electrons. The van der Waals surface area contributed by atoms with Crippen LogP contribution in [0.25, 0.3) is 0 Å². The van der Waals surface area contributed by atoms with Crippen LogP contribution < -0.4 is 12.3 Å². The molecule has 0 heterocycles. The summed E-state index contributed by atoms with van der Waals surface area (Å²) in [6.07, 6.45) is 4.08. The molecule has 0 aliphatic rings. The standard InChI is InChI=1S/C8H19BN.C8H19N.C5H12.B.HI.2H3N/c1-6-10(9,7(2)3)8(4)5;1-6-9(7(2)3)8(4)5;1-3-5-4-2;;;;/h7-8H,6H2,1-5H3;7-8H,6H2,1-5H3;3-5H2,1-2H3;;1H;2*1H3/q+1;;;;;;. The minimum Gasteiger partial charge on any atom is -0.393 e. The SMILES string of the molecule is CCCCC.CCN(C(C)C)C(C)C.I.N.N.[B].[B][N+](CC)(C(C)C)C(C)C. The molecule has 28 heavy (non-hydrogen) atoms. The fourth-order valence-corrected chi connectivity index (χ4v) is 3.01. The van der Waals surface area contributed by atoms with E-state index in [1.165, 1.54) is 19.3 Å². The molecule has 0 fully saturated rings. The van der Waals surface area contributed by atoms with E-state index in [1.54, 1.807) is 0 Å². The molecule has 0 aliphatic carbocycles. The van der Waals surface area contributed by atoms with Gasteiger partial charge in [-0.05, 0) is 68.9 Å². The summed E-state index contributed by atoms with van der Waals surface area (Å²) < 4.78 is 0.681. The maximum Gasteiger partial charge on any atom is 0.481 e. The predicted octanol–water partition coefficient (Wildman–Crippen LogP) is 6.61. The minimum atomic E-state index is 0. The summed E-state index contributed by atoms with van der Waals surface area (Å²) in [7, 11) is 6.12. The van der Waals surface area contributed by atoms with E-state index in [9.17, 15) is 0 Å². The van der Waals surface area contributed by atoms with Crippen LogP contribution in [0.15, 0.2) is 0 Å². The predicted molar refractivity (Wildman–Crippen MR) is 146 cm³/mol. The van der Waals surface area contributed by atoms with E-state index in [0.29, 0.717) is 28.6 Å². The Morgan fingerprint density at radius 2 is 1.00 bits per heavy atom. The zero-order valence-corrected chi connectivity index (χ0v) is 24.0. The van der Waals surface area contributed by atoms with E-state index < -0.39 is 0 Å². The quantitative estimate of drug-likeness (QED) is 0.283. The maximum atomic E-state index is 6.12. The third-order valence-electron chi connectivity index (χ3n) is 4.87. The van der Waals surface area contributed by atoms with Crippen LogP contribution in [0, 0.1) is 0 Å². The highest BCUT2D eigenvalue weighted by atomic mass is 127. The number of unbranched alkanes of at least 4 members (excludes halogenated alkanes) is 2. The van der Waals surface area contributed by atoms with E-state index in [-0.39, 0.29) is 44.7 Å². The van der Waals surface area contributed by atoms with Gasteiger partial charge in [0.25, 0.3) is 0 Å². The third-order valence-corrected chi connectivity index (χ3v) is 4.87. The van der Waals surface area contributed by atoms with Crippen molar-refractivity contribution in [3.63, 3.8) is 0 Å². The van der Waals surface area contributed by atoms with E-state index in [1.807, 2.05) is 0 Å². The number of rotatable bonds is 8. The van der Waals surface area contributed by atoms with Crippen molar-refractivity contribution in [3.8, 4) is 0 Å². The van der Waals surface area contributed by atoms with Crippen molar-refractivity contribution in [3.05, 3.63) is 0 Å². The second kappa shape index (κ2) is 27.7. The summed E-state index contributed by atoms with van der Waals surface area (Å²) in [6.45, 7) is 28.6. The molecule has 0 aliphatic heterocycles. The van der Waals surface area contributed by atoms with Crippen molar-refractivity contribution in [2.45, 2.75) is 127 Å². The van der Waals surface area contributed by atoms with Crippen LogP contribution in [0.2, 0.25) is 0 Å². The number of halogens is 1. The van der Waals surface area contributed by atoms with Crippen LogP contribution in [0.4, 0.5) is 0 Å². The highest BCUT2D eigenvalue weighted by Crippen LogP contribution is 2.13. The molecule has 0 aromatic rings. The van der Waals surface area contributed by atoms with Gasteiger partial charge in [0.15, 0.2) is 0 Å². The Hall–Kier alpha value is 0.700. The number of hydrogen-bond donors (Lipinski definition) is 2. The number of quaternary nitrogens is 1. The summed E-state index contributed by atoms with van der Waals surface area (Å²) in [6, 6.07) is 2.42. The molecule has 0 saturated carbocycles. The molecule has 0 saturated heterocycles. The lowest BCUT2D eigenvalue weighted by atomic mass is 10.0. The zero-order chi connectivity index (χ0) is 19.9. The molecule has 7 heteroatoms. The lowest BCUT2D eigenvalue weighted by molar-refractivity contribution is -0.859. The van der Waals surface area contributed by atoms with Gasteiger partial charge in [-0.1, -0.05) is 40.0 Å². The summed E-state index contributed by atoms with van der Waals surface area (Å²) >= 11 is 0. The lowest BCUT2D eigenvalue weighted by Crippen LogP contribution is -2.55. The highest BCUT2D eigenvalue weighted by molar-refractivity contribution is 14.0. The molecule has 0 atom stereocenters. The third kappa shape index (κ3) is 23.0. The molecular weight excluding hydrogens is 457 g/mol.